The molecule has 2 aromatic rings. The first kappa shape index (κ1) is 19.5. The number of amides is 3. The van der Waals surface area contributed by atoms with Crippen molar-refractivity contribution in [2.45, 2.75) is 20.3 Å². The average molecular weight is 427 g/mol. The first-order valence-electron chi connectivity index (χ1n) is 11.4. The third-order valence-electron chi connectivity index (χ3n) is 8.17. The number of carbonyl (C=O) groups is 3. The molecule has 2 aromatic carbocycles. The first-order chi connectivity index (χ1) is 15.5. The van der Waals surface area contributed by atoms with Crippen molar-refractivity contribution in [3.63, 3.8) is 0 Å². The van der Waals surface area contributed by atoms with Gasteiger partial charge in [-0.25, -0.2) is 0 Å². The quantitative estimate of drug-likeness (QED) is 0.549. The van der Waals surface area contributed by atoms with Crippen LogP contribution in [0, 0.1) is 49.4 Å². The number of nitrogens with zero attached hydrogens (tertiary/aromatic N) is 2. The molecule has 2 bridgehead atoms. The smallest absolute Gasteiger partial charge is 0.259 e. The number of imide groups is 1. The second-order valence-corrected chi connectivity index (χ2v) is 9.72. The summed E-state index contributed by atoms with van der Waals surface area (Å²) in [5.74, 6) is 0.529. The molecule has 3 amide bonds. The van der Waals surface area contributed by atoms with E-state index in [0.29, 0.717) is 17.4 Å². The Bertz CT molecular complexity index is 1130. The molecule has 5 aliphatic rings. The number of hydrogen-bond donors (Lipinski definition) is 0. The summed E-state index contributed by atoms with van der Waals surface area (Å²) in [6, 6.07) is 14.9. The largest absolute Gasteiger partial charge is 0.289 e. The molecule has 0 spiro atoms. The van der Waals surface area contributed by atoms with Gasteiger partial charge in [-0.05, 0) is 73.3 Å². The van der Waals surface area contributed by atoms with Gasteiger partial charge in [0, 0.05) is 11.3 Å². The number of benzene rings is 2. The van der Waals surface area contributed by atoms with E-state index in [4.69, 9.17) is 0 Å². The van der Waals surface area contributed by atoms with Crippen LogP contribution < -0.4 is 4.90 Å². The predicted octanol–water partition coefficient (Wildman–Crippen LogP) is 3.96. The fraction of sp³-hybridized carbons (Fsp3) is 0.370. The van der Waals surface area contributed by atoms with Crippen LogP contribution in [0.4, 0.5) is 5.69 Å². The SMILES string of the molecule is Cc1cccc(N(CN2C(=O)[C@@H]3[C@H]4C=C[C@@H]([C@@H]5C[C@H]45)[C@@H]3C2=O)C(=O)c2ccccc2)c1C. The first-order valence-corrected chi connectivity index (χ1v) is 11.4. The Morgan fingerprint density at radius 2 is 1.53 bits per heavy atom. The highest BCUT2D eigenvalue weighted by Gasteiger charge is 2.67. The highest BCUT2D eigenvalue weighted by Crippen LogP contribution is 2.65. The van der Waals surface area contributed by atoms with Crippen LogP contribution in [-0.2, 0) is 9.59 Å². The normalized spacial score (nSPS) is 31.5. The summed E-state index contributed by atoms with van der Waals surface area (Å²) in [4.78, 5) is 43.6. The van der Waals surface area contributed by atoms with Crippen LogP contribution in [-0.4, -0.2) is 29.3 Å². The standard InChI is InChI=1S/C27H26N2O3/c1-15-7-6-10-22(16(15)2)28(25(30)17-8-4-3-5-9-17)14-29-26(31)23-18-11-12-19(21-13-20(18)21)24(23)27(29)32/h3-12,18-21,23-24H,13-14H2,1-2H3/t18-,19-,20-,21+,23-,24+/m0/s1. The third-order valence-corrected chi connectivity index (χ3v) is 8.17. The summed E-state index contributed by atoms with van der Waals surface area (Å²) in [7, 11) is 0. The second-order valence-electron chi connectivity index (χ2n) is 9.72. The molecule has 4 aliphatic carbocycles. The zero-order chi connectivity index (χ0) is 22.1. The Kier molecular flexibility index (Phi) is 4.19. The maximum Gasteiger partial charge on any atom is 0.259 e. The molecule has 5 nitrogen and oxygen atoms in total. The van der Waals surface area contributed by atoms with Crippen LogP contribution in [0.15, 0.2) is 60.7 Å². The lowest BCUT2D eigenvalue weighted by Crippen LogP contribution is -2.45. The molecule has 1 saturated heterocycles. The van der Waals surface area contributed by atoms with Crippen molar-refractivity contribution < 1.29 is 14.4 Å². The van der Waals surface area contributed by atoms with Gasteiger partial charge in [-0.2, -0.15) is 0 Å². The van der Waals surface area contributed by atoms with Crippen LogP contribution in [0.1, 0.15) is 27.9 Å². The van der Waals surface area contributed by atoms with E-state index in [1.807, 2.05) is 50.2 Å². The maximum atomic E-state index is 13.6. The minimum absolute atomic E-state index is 0.0442. The summed E-state index contributed by atoms with van der Waals surface area (Å²) in [6.07, 6.45) is 5.48. The lowest BCUT2D eigenvalue weighted by molar-refractivity contribution is -0.140. The topological polar surface area (TPSA) is 57.7 Å². The summed E-state index contributed by atoms with van der Waals surface area (Å²) in [5.41, 5.74) is 3.30. The van der Waals surface area contributed by atoms with Crippen LogP contribution >= 0.6 is 0 Å². The molecule has 2 saturated carbocycles. The van der Waals surface area contributed by atoms with Gasteiger partial charge >= 0.3 is 0 Å². The maximum absolute atomic E-state index is 13.6. The van der Waals surface area contributed by atoms with Crippen molar-refractivity contribution in [3.05, 3.63) is 77.4 Å². The van der Waals surface area contributed by atoms with Gasteiger partial charge < -0.3 is 0 Å². The minimum Gasteiger partial charge on any atom is -0.289 e. The van der Waals surface area contributed by atoms with Gasteiger partial charge in [0.2, 0.25) is 11.8 Å². The summed E-state index contributed by atoms with van der Waals surface area (Å²) in [6.45, 7) is 3.93. The van der Waals surface area contributed by atoms with Gasteiger partial charge in [0.05, 0.1) is 11.8 Å². The molecule has 32 heavy (non-hydrogen) atoms. The minimum atomic E-state index is -0.256. The highest BCUT2D eigenvalue weighted by molar-refractivity contribution is 6.10. The van der Waals surface area contributed by atoms with Gasteiger partial charge in [0.15, 0.2) is 0 Å². The molecule has 0 unspecified atom stereocenters. The van der Waals surface area contributed by atoms with Crippen molar-refractivity contribution in [2.24, 2.45) is 35.5 Å². The van der Waals surface area contributed by atoms with Crippen molar-refractivity contribution in [1.82, 2.24) is 4.90 Å². The zero-order valence-corrected chi connectivity index (χ0v) is 18.3. The monoisotopic (exact) mass is 426 g/mol. The van der Waals surface area contributed by atoms with Crippen LogP contribution in [0.25, 0.3) is 0 Å². The van der Waals surface area contributed by atoms with E-state index in [0.717, 1.165) is 23.2 Å². The molecule has 0 aromatic heterocycles. The molecular formula is C27H26N2O3. The van der Waals surface area contributed by atoms with Gasteiger partial charge in [0.1, 0.15) is 6.67 Å². The Morgan fingerprint density at radius 1 is 0.906 bits per heavy atom. The molecule has 7 rings (SSSR count). The molecule has 1 aliphatic heterocycles. The van der Waals surface area contributed by atoms with Crippen molar-refractivity contribution in [1.29, 1.82) is 0 Å². The van der Waals surface area contributed by atoms with E-state index in [-0.39, 0.29) is 48.1 Å². The molecule has 0 radical (unpaired) electrons. The number of allylic oxidation sites excluding steroid dienone is 2. The molecule has 3 fully saturated rings. The fourth-order valence-electron chi connectivity index (χ4n) is 6.31. The number of hydrogen-bond acceptors (Lipinski definition) is 3. The van der Waals surface area contributed by atoms with E-state index in [2.05, 4.69) is 12.2 Å². The zero-order valence-electron chi connectivity index (χ0n) is 18.3. The number of carbonyl (C=O) groups excluding carboxylic acids is 3. The third kappa shape index (κ3) is 2.66. The summed E-state index contributed by atoms with van der Waals surface area (Å²) in [5, 5.41) is 0. The van der Waals surface area contributed by atoms with Crippen LogP contribution in [0.5, 0.6) is 0 Å². The van der Waals surface area contributed by atoms with Crippen molar-refractivity contribution in [2.75, 3.05) is 11.6 Å². The van der Waals surface area contributed by atoms with Crippen molar-refractivity contribution in [3.8, 4) is 0 Å². The number of rotatable bonds is 4. The van der Waals surface area contributed by atoms with Crippen LogP contribution in [0.2, 0.25) is 0 Å². The van der Waals surface area contributed by atoms with E-state index in [1.54, 1.807) is 17.0 Å². The Hall–Kier alpha value is -3.21. The number of likely N-dealkylation sites (tertiary alicyclic amines) is 1. The van der Waals surface area contributed by atoms with Gasteiger partial charge in [-0.1, -0.05) is 42.5 Å². The molecule has 162 valence electrons. The summed E-state index contributed by atoms with van der Waals surface area (Å²) >= 11 is 0. The lowest BCUT2D eigenvalue weighted by Gasteiger charge is -2.37. The molecular weight excluding hydrogens is 400 g/mol. The second kappa shape index (κ2) is 6.89. The van der Waals surface area contributed by atoms with E-state index in [1.165, 1.54) is 4.90 Å². The lowest BCUT2D eigenvalue weighted by atomic mass is 9.63. The molecule has 1 heterocycles. The highest BCUT2D eigenvalue weighted by atomic mass is 16.2. The Labute approximate surface area is 187 Å². The molecule has 6 atom stereocenters. The predicted molar refractivity (Wildman–Crippen MR) is 121 cm³/mol. The average Bonchev–Trinajstić information content (AvgIpc) is 3.60. The molecule has 0 N–H and O–H groups in total. The van der Waals surface area contributed by atoms with Gasteiger partial charge in [-0.15, -0.1) is 0 Å². The molecule has 5 heteroatoms. The Morgan fingerprint density at radius 3 is 2.16 bits per heavy atom. The number of aryl methyl sites for hydroxylation is 1. The van der Waals surface area contributed by atoms with E-state index in [9.17, 15) is 14.4 Å². The van der Waals surface area contributed by atoms with Crippen molar-refractivity contribution >= 4 is 23.4 Å². The van der Waals surface area contributed by atoms with Crippen LogP contribution in [0.3, 0.4) is 0 Å². The van der Waals surface area contributed by atoms with E-state index >= 15 is 0 Å². The van der Waals surface area contributed by atoms with Gasteiger partial charge in [0.25, 0.3) is 5.91 Å². The Balaban J connectivity index is 1.37. The van der Waals surface area contributed by atoms with Gasteiger partial charge in [-0.3, -0.25) is 24.2 Å². The summed E-state index contributed by atoms with van der Waals surface area (Å²) < 4.78 is 0. The number of anilines is 1. The fourth-order valence-corrected chi connectivity index (χ4v) is 6.31. The van der Waals surface area contributed by atoms with E-state index < -0.39 is 0 Å².